The predicted molar refractivity (Wildman–Crippen MR) is 101 cm³/mol. The van der Waals surface area contributed by atoms with Gasteiger partial charge in [-0.05, 0) is 36.2 Å². The van der Waals surface area contributed by atoms with E-state index in [-0.39, 0.29) is 12.2 Å². The second kappa shape index (κ2) is 10.1. The number of rotatable bonds is 9. The fraction of sp³-hybridized carbons (Fsp3) is 0.250. The molecule has 0 spiro atoms. The molecule has 0 heterocycles. The van der Waals surface area contributed by atoms with Crippen LogP contribution in [0.15, 0.2) is 48.5 Å². The van der Waals surface area contributed by atoms with E-state index in [1.54, 1.807) is 37.3 Å². The molecule has 0 aromatic heterocycles. The maximum atomic E-state index is 13.7. The van der Waals surface area contributed by atoms with E-state index < -0.39 is 36.2 Å². The van der Waals surface area contributed by atoms with Crippen molar-refractivity contribution in [2.75, 3.05) is 11.9 Å². The largest absolute Gasteiger partial charge is 0.480 e. The highest BCUT2D eigenvalue weighted by atomic mass is 19.1. The molecule has 1 atom stereocenters. The van der Waals surface area contributed by atoms with E-state index >= 15 is 0 Å². The molecule has 0 aliphatic heterocycles. The van der Waals surface area contributed by atoms with Gasteiger partial charge < -0.3 is 20.5 Å². The first kappa shape index (κ1) is 20.9. The number of amides is 2. The quantitative estimate of drug-likeness (QED) is 0.612. The molecule has 2 amide bonds. The molecule has 7 nitrogen and oxygen atoms in total. The van der Waals surface area contributed by atoms with Gasteiger partial charge in [-0.3, -0.25) is 14.4 Å². The fourth-order valence-electron chi connectivity index (χ4n) is 2.37. The lowest BCUT2D eigenvalue weighted by molar-refractivity contribution is -0.137. The van der Waals surface area contributed by atoms with Crippen molar-refractivity contribution in [3.05, 3.63) is 59.9 Å². The molecule has 148 valence electrons. The number of anilines is 1. The van der Waals surface area contributed by atoms with Crippen molar-refractivity contribution >= 4 is 23.5 Å². The van der Waals surface area contributed by atoms with Crippen molar-refractivity contribution in [1.29, 1.82) is 0 Å². The number of carboxylic acids is 1. The molecule has 0 saturated heterocycles. The highest BCUT2D eigenvalue weighted by Crippen LogP contribution is 2.19. The number of ether oxygens (including phenoxy) is 1. The molecule has 3 N–H and O–H groups in total. The summed E-state index contributed by atoms with van der Waals surface area (Å²) in [7, 11) is 0. The van der Waals surface area contributed by atoms with Crippen LogP contribution in [-0.4, -0.2) is 35.5 Å². The second-order valence-electron chi connectivity index (χ2n) is 5.98. The van der Waals surface area contributed by atoms with Gasteiger partial charge in [0.25, 0.3) is 5.91 Å². The van der Waals surface area contributed by atoms with Crippen molar-refractivity contribution in [3.63, 3.8) is 0 Å². The molecule has 0 bridgehead atoms. The Morgan fingerprint density at radius 2 is 1.79 bits per heavy atom. The summed E-state index contributed by atoms with van der Waals surface area (Å²) in [6.07, 6.45) is -0.490. The predicted octanol–water partition coefficient (Wildman–Crippen LogP) is 2.37. The number of carbonyl (C=O) groups is 3. The highest BCUT2D eigenvalue weighted by molar-refractivity contribution is 5.94. The minimum absolute atomic E-state index is 0.00669. The molecule has 0 aliphatic carbocycles. The number of carboxylic acid groups (broad SMARTS) is 1. The van der Waals surface area contributed by atoms with Crippen LogP contribution < -0.4 is 15.4 Å². The van der Waals surface area contributed by atoms with Crippen molar-refractivity contribution in [1.82, 2.24) is 5.32 Å². The molecular formula is C20H21FN2O5. The van der Waals surface area contributed by atoms with Gasteiger partial charge in [-0.15, -0.1) is 0 Å². The molecule has 0 saturated carbocycles. The number of carbonyl (C=O) groups excluding carboxylic acids is 2. The van der Waals surface area contributed by atoms with Crippen molar-refractivity contribution in [3.8, 4) is 5.75 Å². The Morgan fingerprint density at radius 1 is 1.11 bits per heavy atom. The van der Waals surface area contributed by atoms with Crippen LogP contribution in [0.4, 0.5) is 10.1 Å². The Balaban J connectivity index is 1.93. The van der Waals surface area contributed by atoms with Gasteiger partial charge in [-0.25, -0.2) is 4.39 Å². The SMILES string of the molecule is CCC(Oc1ccccc1F)C(=O)Nc1ccc(CC(=O)NCC(=O)O)cc1. The number of para-hydroxylation sites is 1. The molecule has 1 unspecified atom stereocenters. The summed E-state index contributed by atoms with van der Waals surface area (Å²) >= 11 is 0. The summed E-state index contributed by atoms with van der Waals surface area (Å²) in [6.45, 7) is 1.32. The molecule has 0 radical (unpaired) electrons. The monoisotopic (exact) mass is 388 g/mol. The Morgan fingerprint density at radius 3 is 2.39 bits per heavy atom. The topological polar surface area (TPSA) is 105 Å². The minimum atomic E-state index is -1.12. The molecule has 2 rings (SSSR count). The van der Waals surface area contributed by atoms with Crippen molar-refractivity contribution < 1.29 is 28.6 Å². The summed E-state index contributed by atoms with van der Waals surface area (Å²) < 4.78 is 19.2. The lowest BCUT2D eigenvalue weighted by Gasteiger charge is -2.17. The van der Waals surface area contributed by atoms with Crippen LogP contribution in [-0.2, 0) is 20.8 Å². The third kappa shape index (κ3) is 6.39. The van der Waals surface area contributed by atoms with Gasteiger partial charge >= 0.3 is 5.97 Å². The van der Waals surface area contributed by atoms with Crippen LogP contribution in [0.1, 0.15) is 18.9 Å². The summed E-state index contributed by atoms with van der Waals surface area (Å²) in [5, 5.41) is 13.5. The van der Waals surface area contributed by atoms with Gasteiger partial charge in [-0.2, -0.15) is 0 Å². The summed E-state index contributed by atoms with van der Waals surface area (Å²) in [4.78, 5) is 34.4. The first-order chi connectivity index (χ1) is 13.4. The van der Waals surface area contributed by atoms with Crippen LogP contribution in [0.2, 0.25) is 0 Å². The number of halogens is 1. The number of benzene rings is 2. The smallest absolute Gasteiger partial charge is 0.322 e. The van der Waals surface area contributed by atoms with Crippen LogP contribution in [0.25, 0.3) is 0 Å². The molecule has 8 heteroatoms. The Kier molecular flexibility index (Phi) is 7.50. The fourth-order valence-corrected chi connectivity index (χ4v) is 2.37. The zero-order valence-corrected chi connectivity index (χ0v) is 15.3. The Bertz CT molecular complexity index is 839. The van der Waals surface area contributed by atoms with Gasteiger partial charge in [0.2, 0.25) is 5.91 Å². The van der Waals surface area contributed by atoms with E-state index in [4.69, 9.17) is 9.84 Å². The van der Waals surface area contributed by atoms with Crippen LogP contribution in [0.3, 0.4) is 0 Å². The van der Waals surface area contributed by atoms with Crippen molar-refractivity contribution in [2.24, 2.45) is 0 Å². The number of nitrogens with one attached hydrogen (secondary N) is 2. The van der Waals surface area contributed by atoms with Gasteiger partial charge in [0.15, 0.2) is 17.7 Å². The van der Waals surface area contributed by atoms with E-state index in [0.717, 1.165) is 0 Å². The van der Waals surface area contributed by atoms with Gasteiger partial charge in [0.1, 0.15) is 6.54 Å². The van der Waals surface area contributed by atoms with Crippen LogP contribution in [0.5, 0.6) is 5.75 Å². The van der Waals surface area contributed by atoms with E-state index in [1.807, 2.05) is 0 Å². The van der Waals surface area contributed by atoms with Crippen LogP contribution >= 0.6 is 0 Å². The maximum Gasteiger partial charge on any atom is 0.322 e. The molecule has 28 heavy (non-hydrogen) atoms. The second-order valence-corrected chi connectivity index (χ2v) is 5.98. The first-order valence-corrected chi connectivity index (χ1v) is 8.68. The van der Waals surface area contributed by atoms with Crippen LogP contribution in [0, 0.1) is 5.82 Å². The third-order valence-electron chi connectivity index (χ3n) is 3.79. The molecule has 2 aromatic carbocycles. The van der Waals surface area contributed by atoms with E-state index in [2.05, 4.69) is 10.6 Å². The number of hydrogen-bond acceptors (Lipinski definition) is 4. The molecule has 2 aromatic rings. The molecular weight excluding hydrogens is 367 g/mol. The summed E-state index contributed by atoms with van der Waals surface area (Å²) in [6, 6.07) is 12.4. The molecule has 0 aliphatic rings. The van der Waals surface area contributed by atoms with Gasteiger partial charge in [0.05, 0.1) is 6.42 Å². The Hall–Kier alpha value is -3.42. The van der Waals surface area contributed by atoms with Gasteiger partial charge in [0, 0.05) is 5.69 Å². The average Bonchev–Trinajstić information content (AvgIpc) is 2.67. The highest BCUT2D eigenvalue weighted by Gasteiger charge is 2.20. The minimum Gasteiger partial charge on any atom is -0.480 e. The lowest BCUT2D eigenvalue weighted by atomic mass is 10.1. The normalized spacial score (nSPS) is 11.4. The standard InChI is InChI=1S/C20H21FN2O5/c1-2-16(28-17-6-4-3-5-15(17)21)20(27)23-14-9-7-13(8-10-14)11-18(24)22-12-19(25)26/h3-10,16H,2,11-12H2,1H3,(H,22,24)(H,23,27)(H,25,26). The number of hydrogen-bond donors (Lipinski definition) is 3. The zero-order valence-electron chi connectivity index (χ0n) is 15.3. The lowest BCUT2D eigenvalue weighted by Crippen LogP contribution is -2.32. The van der Waals surface area contributed by atoms with E-state index in [0.29, 0.717) is 17.7 Å². The van der Waals surface area contributed by atoms with E-state index in [1.165, 1.54) is 18.2 Å². The average molecular weight is 388 g/mol. The maximum absolute atomic E-state index is 13.7. The van der Waals surface area contributed by atoms with Gasteiger partial charge in [-0.1, -0.05) is 31.2 Å². The number of aliphatic carboxylic acids is 1. The zero-order chi connectivity index (χ0) is 20.5. The third-order valence-corrected chi connectivity index (χ3v) is 3.79. The first-order valence-electron chi connectivity index (χ1n) is 8.68. The molecule has 0 fully saturated rings. The summed E-state index contributed by atoms with van der Waals surface area (Å²) in [5.74, 6) is -2.48. The summed E-state index contributed by atoms with van der Waals surface area (Å²) in [5.41, 5.74) is 1.16. The Labute approximate surface area is 161 Å². The van der Waals surface area contributed by atoms with E-state index in [9.17, 15) is 18.8 Å². The van der Waals surface area contributed by atoms with Crippen molar-refractivity contribution in [2.45, 2.75) is 25.9 Å².